The molecule has 0 aliphatic carbocycles. The molecule has 2 heterocycles. The van der Waals surface area contributed by atoms with E-state index in [4.69, 9.17) is 11.6 Å². The van der Waals surface area contributed by atoms with Crippen molar-refractivity contribution in [3.8, 4) is 11.4 Å². The second-order valence-corrected chi connectivity index (χ2v) is 6.68. The number of hydrogen-bond donors (Lipinski definition) is 1. The van der Waals surface area contributed by atoms with Crippen LogP contribution in [-0.4, -0.2) is 24.5 Å². The van der Waals surface area contributed by atoms with Crippen molar-refractivity contribution in [2.45, 2.75) is 6.54 Å². The van der Waals surface area contributed by atoms with E-state index in [0.717, 1.165) is 16.1 Å². The number of nitro groups is 1. The number of nitrogens with zero attached hydrogens (tertiary/aromatic N) is 5. The number of rotatable bonds is 6. The molecule has 0 fully saturated rings. The van der Waals surface area contributed by atoms with E-state index in [1.807, 2.05) is 42.6 Å². The summed E-state index contributed by atoms with van der Waals surface area (Å²) in [4.78, 5) is 22.8. The normalized spacial score (nSPS) is 10.7. The maximum absolute atomic E-state index is 12.6. The lowest BCUT2D eigenvalue weighted by atomic mass is 10.3. The highest BCUT2D eigenvalue weighted by molar-refractivity contribution is 6.32. The molecule has 0 aliphatic heterocycles. The van der Waals surface area contributed by atoms with Crippen molar-refractivity contribution in [1.82, 2.24) is 19.6 Å². The van der Waals surface area contributed by atoms with E-state index < -0.39 is 10.5 Å². The predicted molar refractivity (Wildman–Crippen MR) is 112 cm³/mol. The number of anilines is 1. The first-order chi connectivity index (χ1) is 14.5. The van der Waals surface area contributed by atoms with E-state index in [1.165, 1.54) is 30.5 Å². The van der Waals surface area contributed by atoms with Crippen molar-refractivity contribution in [1.29, 1.82) is 0 Å². The molecule has 1 N–H and O–H groups in total. The van der Waals surface area contributed by atoms with Crippen LogP contribution in [0.4, 0.5) is 11.4 Å². The third-order valence-electron chi connectivity index (χ3n) is 4.35. The highest BCUT2D eigenvalue weighted by Crippen LogP contribution is 2.19. The van der Waals surface area contributed by atoms with Gasteiger partial charge in [0.25, 0.3) is 11.2 Å². The average Bonchev–Trinajstić information content (AvgIpc) is 3.25. The van der Waals surface area contributed by atoms with Gasteiger partial charge in [0.05, 0.1) is 40.4 Å². The van der Waals surface area contributed by atoms with Crippen molar-refractivity contribution < 1.29 is 4.92 Å². The molecule has 0 amide bonds. The lowest BCUT2D eigenvalue weighted by Gasteiger charge is -2.09. The number of non-ortho nitro benzene ring substituents is 1. The third-order valence-corrected chi connectivity index (χ3v) is 4.71. The van der Waals surface area contributed by atoms with E-state index in [0.29, 0.717) is 17.9 Å². The molecule has 150 valence electrons. The van der Waals surface area contributed by atoms with Crippen LogP contribution in [0.2, 0.25) is 5.02 Å². The Morgan fingerprint density at radius 3 is 2.47 bits per heavy atom. The van der Waals surface area contributed by atoms with E-state index in [2.05, 4.69) is 15.5 Å². The first kappa shape index (κ1) is 19.3. The fraction of sp³-hybridized carbons (Fsp3) is 0.0500. The Labute approximate surface area is 175 Å². The molecular weight excluding hydrogens is 408 g/mol. The van der Waals surface area contributed by atoms with Gasteiger partial charge in [0.2, 0.25) is 0 Å². The molecule has 2 aromatic heterocycles. The lowest BCUT2D eigenvalue weighted by molar-refractivity contribution is -0.384. The van der Waals surface area contributed by atoms with Gasteiger partial charge in [-0.2, -0.15) is 14.9 Å². The number of halogens is 1. The second-order valence-electron chi connectivity index (χ2n) is 6.30. The van der Waals surface area contributed by atoms with Crippen LogP contribution in [0.25, 0.3) is 11.4 Å². The number of para-hydroxylation sites is 1. The summed E-state index contributed by atoms with van der Waals surface area (Å²) < 4.78 is 2.84. The fourth-order valence-corrected chi connectivity index (χ4v) is 3.02. The van der Waals surface area contributed by atoms with Crippen molar-refractivity contribution >= 4 is 23.0 Å². The largest absolute Gasteiger partial charge is 0.377 e. The van der Waals surface area contributed by atoms with Crippen LogP contribution in [-0.2, 0) is 6.54 Å². The van der Waals surface area contributed by atoms with Crippen molar-refractivity contribution in [2.24, 2.45) is 0 Å². The van der Waals surface area contributed by atoms with Gasteiger partial charge in [0.15, 0.2) is 0 Å². The second kappa shape index (κ2) is 8.18. The third kappa shape index (κ3) is 3.91. The van der Waals surface area contributed by atoms with Gasteiger partial charge < -0.3 is 5.32 Å². The molecule has 4 aromatic rings. The maximum Gasteiger partial charge on any atom is 0.292 e. The highest BCUT2D eigenvalue weighted by atomic mass is 35.5. The zero-order valence-electron chi connectivity index (χ0n) is 15.5. The summed E-state index contributed by atoms with van der Waals surface area (Å²) in [6, 6.07) is 17.0. The fourth-order valence-electron chi connectivity index (χ4n) is 2.82. The molecule has 2 aromatic carbocycles. The molecule has 10 heteroatoms. The van der Waals surface area contributed by atoms with E-state index in [9.17, 15) is 14.9 Å². The van der Waals surface area contributed by atoms with Crippen LogP contribution in [0.15, 0.2) is 77.9 Å². The highest BCUT2D eigenvalue weighted by Gasteiger charge is 2.12. The van der Waals surface area contributed by atoms with Crippen LogP contribution in [0.3, 0.4) is 0 Å². The van der Waals surface area contributed by atoms with Crippen LogP contribution in [0.1, 0.15) is 5.69 Å². The first-order valence-electron chi connectivity index (χ1n) is 8.89. The SMILES string of the molecule is O=c1c(Cl)c(NCc2ccn(-c3ccccc3)n2)cnn1-c1ccc([N+](=O)[O-])cc1. The van der Waals surface area contributed by atoms with E-state index >= 15 is 0 Å². The zero-order valence-corrected chi connectivity index (χ0v) is 16.2. The number of aromatic nitrogens is 4. The van der Waals surface area contributed by atoms with Gasteiger partial charge in [-0.1, -0.05) is 29.8 Å². The van der Waals surface area contributed by atoms with Crippen molar-refractivity contribution in [2.75, 3.05) is 5.32 Å². The summed E-state index contributed by atoms with van der Waals surface area (Å²) in [5.74, 6) is 0. The Balaban J connectivity index is 1.51. The maximum atomic E-state index is 12.6. The number of nitrogens with one attached hydrogen (secondary N) is 1. The molecule has 0 bridgehead atoms. The number of hydrogen-bond acceptors (Lipinski definition) is 6. The monoisotopic (exact) mass is 422 g/mol. The van der Waals surface area contributed by atoms with Crippen LogP contribution >= 0.6 is 11.6 Å². The molecular formula is C20H15ClN6O3. The van der Waals surface area contributed by atoms with Gasteiger partial charge >= 0.3 is 0 Å². The zero-order chi connectivity index (χ0) is 21.1. The minimum absolute atomic E-state index is 0.0363. The predicted octanol–water partition coefficient (Wildman–Crippen LogP) is 3.59. The van der Waals surface area contributed by atoms with Gasteiger partial charge in [0, 0.05) is 18.3 Å². The summed E-state index contributed by atoms with van der Waals surface area (Å²) in [5.41, 5.74) is 1.83. The van der Waals surface area contributed by atoms with E-state index in [1.54, 1.807) is 4.68 Å². The smallest absolute Gasteiger partial charge is 0.292 e. The molecule has 4 rings (SSSR count). The summed E-state index contributed by atoms with van der Waals surface area (Å²) in [6.45, 7) is 0.349. The molecule has 0 saturated carbocycles. The first-order valence-corrected chi connectivity index (χ1v) is 9.27. The number of nitro benzene ring substituents is 1. The average molecular weight is 423 g/mol. The molecule has 0 unspecified atom stereocenters. The molecule has 0 atom stereocenters. The van der Waals surface area contributed by atoms with Gasteiger partial charge in [-0.05, 0) is 30.3 Å². The molecule has 30 heavy (non-hydrogen) atoms. The Morgan fingerprint density at radius 1 is 1.03 bits per heavy atom. The van der Waals surface area contributed by atoms with Crippen molar-refractivity contribution in [3.05, 3.63) is 104 Å². The molecule has 0 aliphatic rings. The van der Waals surface area contributed by atoms with Gasteiger partial charge in [-0.25, -0.2) is 4.68 Å². The lowest BCUT2D eigenvalue weighted by Crippen LogP contribution is -2.22. The van der Waals surface area contributed by atoms with Gasteiger partial charge in [-0.15, -0.1) is 0 Å². The molecule has 9 nitrogen and oxygen atoms in total. The Morgan fingerprint density at radius 2 is 1.77 bits per heavy atom. The standard InChI is InChI=1S/C20H15ClN6O3/c21-19-18(22-12-14-10-11-25(24-14)15-4-2-1-3-5-15)13-23-26(20(19)28)16-6-8-17(9-7-16)27(29)30/h1-11,13,22H,12H2. The molecule has 0 spiro atoms. The summed E-state index contributed by atoms with van der Waals surface area (Å²) in [5, 5.41) is 22.4. The minimum Gasteiger partial charge on any atom is -0.377 e. The minimum atomic E-state index is -0.537. The Kier molecular flexibility index (Phi) is 5.27. The molecule has 0 saturated heterocycles. The van der Waals surface area contributed by atoms with Crippen LogP contribution in [0.5, 0.6) is 0 Å². The summed E-state index contributed by atoms with van der Waals surface area (Å²) in [6.07, 6.45) is 3.28. The quantitative estimate of drug-likeness (QED) is 0.375. The van der Waals surface area contributed by atoms with E-state index in [-0.39, 0.29) is 10.7 Å². The summed E-state index contributed by atoms with van der Waals surface area (Å²) in [7, 11) is 0. The summed E-state index contributed by atoms with van der Waals surface area (Å²) >= 11 is 6.23. The van der Waals surface area contributed by atoms with Crippen LogP contribution in [0, 0.1) is 10.1 Å². The van der Waals surface area contributed by atoms with Crippen molar-refractivity contribution in [3.63, 3.8) is 0 Å². The Bertz CT molecular complexity index is 1250. The van der Waals surface area contributed by atoms with Gasteiger partial charge in [-0.3, -0.25) is 14.9 Å². The Hall–Kier alpha value is -3.98. The number of benzene rings is 2. The topological polar surface area (TPSA) is 108 Å². The van der Waals surface area contributed by atoms with Gasteiger partial charge in [0.1, 0.15) is 5.02 Å². The van der Waals surface area contributed by atoms with Crippen LogP contribution < -0.4 is 10.9 Å². The molecule has 0 radical (unpaired) electrons.